The Balaban J connectivity index is 5.07. The zero-order valence-electron chi connectivity index (χ0n) is 11.9. The Morgan fingerprint density at radius 3 is 1.95 bits per heavy atom. The zero-order chi connectivity index (χ0) is 17.8. The van der Waals surface area contributed by atoms with Gasteiger partial charge in [0, 0.05) is 11.8 Å². The summed E-state index contributed by atoms with van der Waals surface area (Å²) in [6.45, 7) is 2.57. The first-order valence-corrected chi connectivity index (χ1v) is 11.6. The molecule has 0 aliphatic carbocycles. The fourth-order valence-electron chi connectivity index (χ4n) is 1.82. The molecule has 0 amide bonds. The maximum absolute atomic E-state index is 11.6. The van der Waals surface area contributed by atoms with Crippen LogP contribution in [0.5, 0.6) is 0 Å². The van der Waals surface area contributed by atoms with Crippen molar-refractivity contribution in [1.29, 1.82) is 0 Å². The van der Waals surface area contributed by atoms with E-state index >= 15 is 0 Å². The fourth-order valence-corrected chi connectivity index (χ4v) is 6.88. The average molecular weight is 401 g/mol. The van der Waals surface area contributed by atoms with Crippen molar-refractivity contribution in [2.24, 2.45) is 5.14 Å². The van der Waals surface area contributed by atoms with Crippen LogP contribution >= 0.6 is 11.9 Å². The number of nitrogens with one attached hydrogen (secondary N) is 1. The topological polar surface area (TPSA) is 181 Å². The van der Waals surface area contributed by atoms with Crippen molar-refractivity contribution in [2.75, 3.05) is 12.3 Å². The first-order chi connectivity index (χ1) is 9.70. The van der Waals surface area contributed by atoms with E-state index in [1.807, 2.05) is 0 Å². The molecule has 0 heterocycles. The van der Waals surface area contributed by atoms with Crippen LogP contribution in [-0.4, -0.2) is 62.4 Å². The van der Waals surface area contributed by atoms with Gasteiger partial charge in [0.15, 0.2) is 0 Å². The zero-order valence-corrected chi connectivity index (χ0v) is 15.2. The van der Waals surface area contributed by atoms with Crippen LogP contribution in [0.15, 0.2) is 0 Å². The Bertz CT molecular complexity index is 656. The first-order valence-electron chi connectivity index (χ1n) is 6.01. The third-order valence-corrected chi connectivity index (χ3v) is 7.71. The van der Waals surface area contributed by atoms with Crippen LogP contribution in [0.2, 0.25) is 0 Å². The molecule has 0 aromatic heterocycles. The lowest BCUT2D eigenvalue weighted by molar-refractivity contribution is 0.455. The second-order valence-corrected chi connectivity index (χ2v) is 10.7. The lowest BCUT2D eigenvalue weighted by atomic mass is 10.2. The van der Waals surface area contributed by atoms with Crippen LogP contribution in [0, 0.1) is 0 Å². The summed E-state index contributed by atoms with van der Waals surface area (Å²) in [5.41, 5.74) is 0. The van der Waals surface area contributed by atoms with Crippen molar-refractivity contribution in [2.45, 2.75) is 36.0 Å². The molecule has 0 saturated heterocycles. The molecule has 0 bridgehead atoms. The van der Waals surface area contributed by atoms with E-state index in [0.717, 1.165) is 11.9 Å². The SMILES string of the molecule is CCC(C(C(C)SNCCS(=O)(=O)O)S(N)(=O)=O)S(=O)(=O)O. The Hall–Kier alpha value is 0.0400. The van der Waals surface area contributed by atoms with Gasteiger partial charge in [0.2, 0.25) is 10.0 Å². The highest BCUT2D eigenvalue weighted by Gasteiger charge is 2.42. The summed E-state index contributed by atoms with van der Waals surface area (Å²) < 4.78 is 87.2. The number of hydrogen-bond acceptors (Lipinski definition) is 8. The lowest BCUT2D eigenvalue weighted by Gasteiger charge is -2.27. The van der Waals surface area contributed by atoms with E-state index in [4.69, 9.17) is 14.2 Å². The molecule has 0 fully saturated rings. The molecule has 0 saturated carbocycles. The maximum Gasteiger partial charge on any atom is 0.269 e. The summed E-state index contributed by atoms with van der Waals surface area (Å²) in [7, 11) is -13.1. The number of primary sulfonamides is 1. The predicted octanol–water partition coefficient (Wildman–Crippen LogP) is -1.18. The van der Waals surface area contributed by atoms with Gasteiger partial charge in [0.1, 0.15) is 10.5 Å². The predicted molar refractivity (Wildman–Crippen MR) is 84.0 cm³/mol. The molecular weight excluding hydrogens is 380 g/mol. The quantitative estimate of drug-likeness (QED) is 0.198. The van der Waals surface area contributed by atoms with Crippen molar-refractivity contribution in [3.63, 3.8) is 0 Å². The standard InChI is InChI=1S/C8H20N2O8S4/c1-3-7(22(16,17)18)8(21(9,14)15)6(2)19-10-4-5-20(11,12)13/h6-8,10H,3-5H2,1-2H3,(H2,9,14,15)(H,11,12,13)(H,16,17,18). The van der Waals surface area contributed by atoms with Gasteiger partial charge in [0.25, 0.3) is 20.2 Å². The fraction of sp³-hybridized carbons (Fsp3) is 1.00. The van der Waals surface area contributed by atoms with Gasteiger partial charge in [-0.25, -0.2) is 13.6 Å². The van der Waals surface area contributed by atoms with Crippen molar-refractivity contribution in [1.82, 2.24) is 4.72 Å². The van der Waals surface area contributed by atoms with E-state index in [2.05, 4.69) is 4.72 Å². The lowest BCUT2D eigenvalue weighted by Crippen LogP contribution is -2.48. The minimum Gasteiger partial charge on any atom is -0.286 e. The average Bonchev–Trinajstić information content (AvgIpc) is 2.26. The van der Waals surface area contributed by atoms with E-state index < -0.39 is 51.8 Å². The summed E-state index contributed by atoms with van der Waals surface area (Å²) >= 11 is 0.752. The van der Waals surface area contributed by atoms with Crippen molar-refractivity contribution in [3.05, 3.63) is 0 Å². The highest BCUT2D eigenvalue weighted by atomic mass is 32.2. The van der Waals surface area contributed by atoms with Crippen LogP contribution in [0.25, 0.3) is 0 Å². The Labute approximate surface area is 134 Å². The third-order valence-electron chi connectivity index (χ3n) is 2.72. The molecule has 0 aliphatic rings. The van der Waals surface area contributed by atoms with Crippen molar-refractivity contribution in [3.8, 4) is 0 Å². The van der Waals surface area contributed by atoms with E-state index in [0.29, 0.717) is 0 Å². The molecule has 22 heavy (non-hydrogen) atoms. The van der Waals surface area contributed by atoms with Gasteiger partial charge < -0.3 is 0 Å². The maximum atomic E-state index is 11.6. The molecule has 0 rings (SSSR count). The van der Waals surface area contributed by atoms with Crippen molar-refractivity contribution < 1.29 is 34.4 Å². The molecule has 3 unspecified atom stereocenters. The summed E-state index contributed by atoms with van der Waals surface area (Å²) in [6.07, 6.45) is -0.171. The highest BCUT2D eigenvalue weighted by molar-refractivity contribution is 8.00. The van der Waals surface area contributed by atoms with Crippen LogP contribution < -0.4 is 9.86 Å². The minimum absolute atomic E-state index is 0.171. The van der Waals surface area contributed by atoms with E-state index in [1.54, 1.807) is 0 Å². The highest BCUT2D eigenvalue weighted by Crippen LogP contribution is 2.24. The second kappa shape index (κ2) is 8.23. The van der Waals surface area contributed by atoms with E-state index in [-0.39, 0.29) is 13.0 Å². The van der Waals surface area contributed by atoms with Crippen LogP contribution in [0.3, 0.4) is 0 Å². The van der Waals surface area contributed by atoms with Gasteiger partial charge in [0.05, 0.1) is 5.75 Å². The monoisotopic (exact) mass is 400 g/mol. The molecule has 10 nitrogen and oxygen atoms in total. The van der Waals surface area contributed by atoms with Gasteiger partial charge in [-0.3, -0.25) is 13.8 Å². The van der Waals surface area contributed by atoms with Gasteiger partial charge in [-0.15, -0.1) is 0 Å². The Morgan fingerprint density at radius 2 is 1.64 bits per heavy atom. The largest absolute Gasteiger partial charge is 0.286 e. The van der Waals surface area contributed by atoms with Crippen LogP contribution in [0.4, 0.5) is 0 Å². The molecule has 0 spiro atoms. The molecule has 0 aromatic carbocycles. The first kappa shape index (κ1) is 22.0. The molecule has 3 atom stereocenters. The van der Waals surface area contributed by atoms with Gasteiger partial charge >= 0.3 is 0 Å². The van der Waals surface area contributed by atoms with Gasteiger partial charge in [-0.2, -0.15) is 16.8 Å². The van der Waals surface area contributed by atoms with E-state index in [9.17, 15) is 25.3 Å². The molecule has 5 N–H and O–H groups in total. The van der Waals surface area contributed by atoms with Crippen LogP contribution in [-0.2, 0) is 30.3 Å². The summed E-state index contributed by atoms with van der Waals surface area (Å²) in [4.78, 5) is 0. The van der Waals surface area contributed by atoms with Gasteiger partial charge in [-0.05, 0) is 6.42 Å². The van der Waals surface area contributed by atoms with Crippen LogP contribution in [0.1, 0.15) is 20.3 Å². The number of rotatable bonds is 10. The molecule has 0 aromatic rings. The molecular formula is C8H20N2O8S4. The molecule has 134 valence electrons. The number of nitrogens with two attached hydrogens (primary N) is 1. The third kappa shape index (κ3) is 8.05. The Morgan fingerprint density at radius 1 is 1.14 bits per heavy atom. The Kier molecular flexibility index (Phi) is 8.25. The summed E-state index contributed by atoms with van der Waals surface area (Å²) in [5, 5.41) is 0.957. The summed E-state index contributed by atoms with van der Waals surface area (Å²) in [5.74, 6) is -0.595. The second-order valence-electron chi connectivity index (χ2n) is 4.52. The molecule has 14 heteroatoms. The smallest absolute Gasteiger partial charge is 0.269 e. The normalized spacial score (nSPS) is 17.9. The van der Waals surface area contributed by atoms with Crippen molar-refractivity contribution >= 4 is 42.2 Å². The summed E-state index contributed by atoms with van der Waals surface area (Å²) in [6, 6.07) is 0. The number of sulfonamides is 1. The molecule has 0 aliphatic heterocycles. The van der Waals surface area contributed by atoms with E-state index in [1.165, 1.54) is 13.8 Å². The molecule has 0 radical (unpaired) electrons. The number of hydrogen-bond donors (Lipinski definition) is 4. The van der Waals surface area contributed by atoms with Gasteiger partial charge in [-0.1, -0.05) is 25.8 Å². The minimum atomic E-state index is -4.63.